The van der Waals surface area contributed by atoms with E-state index >= 15 is 0 Å². The molecule has 0 atom stereocenters. The summed E-state index contributed by atoms with van der Waals surface area (Å²) in [7, 11) is 0. The van der Waals surface area contributed by atoms with Gasteiger partial charge in [0.1, 0.15) is 0 Å². The van der Waals surface area contributed by atoms with Gasteiger partial charge < -0.3 is 15.3 Å². The maximum atomic E-state index is 12.1. The van der Waals surface area contributed by atoms with Crippen molar-refractivity contribution in [2.24, 2.45) is 0 Å². The van der Waals surface area contributed by atoms with E-state index in [0.717, 1.165) is 0 Å². The molecule has 7 heteroatoms. The number of rotatable bonds is 5. The van der Waals surface area contributed by atoms with Crippen LogP contribution in [0.4, 0.5) is 10.5 Å². The van der Waals surface area contributed by atoms with E-state index in [1.165, 1.54) is 23.2 Å². The van der Waals surface area contributed by atoms with Crippen molar-refractivity contribution in [3.63, 3.8) is 0 Å². The number of nitrogens with one attached hydrogen (secondary N) is 1. The standard InChI is InChI=1S/C13H16N4O3/c1-9(2)17(8-4-6-14)13(20)16-10-5-3-7-15-11(10)12(18)19/h3,5,7,9H,4,8H2,1-2H3,(H,16,20)(H,18,19). The van der Waals surface area contributed by atoms with Crippen molar-refractivity contribution in [3.05, 3.63) is 24.0 Å². The second kappa shape index (κ2) is 7.09. The summed E-state index contributed by atoms with van der Waals surface area (Å²) in [6.07, 6.45) is 1.55. The highest BCUT2D eigenvalue weighted by atomic mass is 16.4. The molecular formula is C13H16N4O3. The van der Waals surface area contributed by atoms with Gasteiger partial charge in [0, 0.05) is 18.8 Å². The highest BCUT2D eigenvalue weighted by Crippen LogP contribution is 2.14. The third-order valence-electron chi connectivity index (χ3n) is 2.60. The smallest absolute Gasteiger partial charge is 0.356 e. The average Bonchev–Trinajstić information content (AvgIpc) is 2.39. The normalized spacial score (nSPS) is 9.90. The number of amides is 2. The Kier molecular flexibility index (Phi) is 5.47. The van der Waals surface area contributed by atoms with Crippen LogP contribution in [-0.4, -0.2) is 39.6 Å². The van der Waals surface area contributed by atoms with Crippen LogP contribution in [0.15, 0.2) is 18.3 Å². The Hall–Kier alpha value is -2.62. The number of carbonyl (C=O) groups excluding carboxylic acids is 1. The Bertz CT molecular complexity index is 537. The summed E-state index contributed by atoms with van der Waals surface area (Å²) in [6.45, 7) is 3.92. The molecule has 0 aliphatic rings. The van der Waals surface area contributed by atoms with Gasteiger partial charge in [-0.2, -0.15) is 5.26 Å². The van der Waals surface area contributed by atoms with Gasteiger partial charge in [-0.15, -0.1) is 0 Å². The maximum absolute atomic E-state index is 12.1. The van der Waals surface area contributed by atoms with E-state index in [0.29, 0.717) is 0 Å². The van der Waals surface area contributed by atoms with Crippen LogP contribution in [0.2, 0.25) is 0 Å². The van der Waals surface area contributed by atoms with Gasteiger partial charge in [-0.1, -0.05) is 0 Å². The fourth-order valence-corrected chi connectivity index (χ4v) is 1.63. The first-order valence-electron chi connectivity index (χ1n) is 6.10. The molecule has 0 fully saturated rings. The summed E-state index contributed by atoms with van der Waals surface area (Å²) >= 11 is 0. The first kappa shape index (κ1) is 15.4. The minimum atomic E-state index is -1.21. The zero-order chi connectivity index (χ0) is 15.1. The first-order valence-corrected chi connectivity index (χ1v) is 6.10. The third kappa shape index (κ3) is 3.95. The Balaban J connectivity index is 2.88. The number of nitrogens with zero attached hydrogens (tertiary/aromatic N) is 3. The monoisotopic (exact) mass is 276 g/mol. The van der Waals surface area contributed by atoms with Crippen LogP contribution in [0.1, 0.15) is 30.8 Å². The number of nitriles is 1. The number of urea groups is 1. The Morgan fingerprint density at radius 2 is 2.25 bits per heavy atom. The van der Waals surface area contributed by atoms with Gasteiger partial charge in [0.05, 0.1) is 18.2 Å². The molecule has 106 valence electrons. The number of aromatic nitrogens is 1. The number of carboxylic acids is 1. The molecule has 0 aliphatic carbocycles. The van der Waals surface area contributed by atoms with Crippen molar-refractivity contribution in [2.75, 3.05) is 11.9 Å². The number of hydrogen-bond acceptors (Lipinski definition) is 4. The van der Waals surface area contributed by atoms with Gasteiger partial charge in [0.2, 0.25) is 0 Å². The van der Waals surface area contributed by atoms with E-state index in [-0.39, 0.29) is 30.4 Å². The van der Waals surface area contributed by atoms with Crippen molar-refractivity contribution in [2.45, 2.75) is 26.3 Å². The topological polar surface area (TPSA) is 106 Å². The summed E-state index contributed by atoms with van der Waals surface area (Å²) in [6, 6.07) is 4.42. The van der Waals surface area contributed by atoms with Crippen molar-refractivity contribution in [3.8, 4) is 6.07 Å². The Morgan fingerprint density at radius 3 is 2.80 bits per heavy atom. The highest BCUT2D eigenvalue weighted by Gasteiger charge is 2.19. The molecule has 1 aromatic rings. The molecule has 2 amide bonds. The van der Waals surface area contributed by atoms with Crippen molar-refractivity contribution in [1.29, 1.82) is 5.26 Å². The molecular weight excluding hydrogens is 260 g/mol. The Morgan fingerprint density at radius 1 is 1.55 bits per heavy atom. The number of pyridine rings is 1. The Labute approximate surface area is 116 Å². The van der Waals surface area contributed by atoms with Crippen LogP contribution in [-0.2, 0) is 0 Å². The number of anilines is 1. The lowest BCUT2D eigenvalue weighted by atomic mass is 10.2. The van der Waals surface area contributed by atoms with Gasteiger partial charge in [-0.3, -0.25) is 0 Å². The minimum Gasteiger partial charge on any atom is -0.476 e. The molecule has 0 bridgehead atoms. The predicted octanol–water partition coefficient (Wildman–Crippen LogP) is 1.94. The van der Waals surface area contributed by atoms with Crippen molar-refractivity contribution < 1.29 is 14.7 Å². The van der Waals surface area contributed by atoms with E-state index in [2.05, 4.69) is 10.3 Å². The molecule has 0 aliphatic heterocycles. The fourth-order valence-electron chi connectivity index (χ4n) is 1.63. The van der Waals surface area contributed by atoms with Gasteiger partial charge in [0.25, 0.3) is 0 Å². The molecule has 20 heavy (non-hydrogen) atoms. The molecule has 1 aromatic heterocycles. The van der Waals surface area contributed by atoms with Gasteiger partial charge in [-0.25, -0.2) is 14.6 Å². The van der Waals surface area contributed by atoms with Gasteiger partial charge in [-0.05, 0) is 26.0 Å². The lowest BCUT2D eigenvalue weighted by Gasteiger charge is -2.26. The summed E-state index contributed by atoms with van der Waals surface area (Å²) in [5.74, 6) is -1.21. The van der Waals surface area contributed by atoms with Crippen LogP contribution >= 0.6 is 0 Å². The number of carbonyl (C=O) groups is 2. The fraction of sp³-hybridized carbons (Fsp3) is 0.385. The zero-order valence-corrected chi connectivity index (χ0v) is 11.3. The SMILES string of the molecule is CC(C)N(CCC#N)C(=O)Nc1cccnc1C(=O)O. The van der Waals surface area contributed by atoms with Crippen molar-refractivity contribution >= 4 is 17.7 Å². The van der Waals surface area contributed by atoms with Crippen molar-refractivity contribution in [1.82, 2.24) is 9.88 Å². The first-order chi connectivity index (χ1) is 9.47. The number of carboxylic acid groups (broad SMARTS) is 1. The second-order valence-corrected chi connectivity index (χ2v) is 4.33. The molecule has 0 spiro atoms. The van der Waals surface area contributed by atoms with Gasteiger partial charge in [0.15, 0.2) is 5.69 Å². The molecule has 0 saturated carbocycles. The lowest BCUT2D eigenvalue weighted by molar-refractivity contribution is 0.0691. The summed E-state index contributed by atoms with van der Waals surface area (Å²) in [5, 5.41) is 20.1. The molecule has 1 heterocycles. The van der Waals surface area contributed by atoms with E-state index < -0.39 is 12.0 Å². The van der Waals surface area contributed by atoms with Crippen LogP contribution in [0, 0.1) is 11.3 Å². The van der Waals surface area contributed by atoms with Crippen LogP contribution in [0.25, 0.3) is 0 Å². The number of aromatic carboxylic acids is 1. The highest BCUT2D eigenvalue weighted by molar-refractivity contribution is 5.98. The lowest BCUT2D eigenvalue weighted by Crippen LogP contribution is -2.40. The van der Waals surface area contributed by atoms with E-state index in [9.17, 15) is 9.59 Å². The predicted molar refractivity (Wildman–Crippen MR) is 72.3 cm³/mol. The van der Waals surface area contributed by atoms with Crippen LogP contribution in [0.5, 0.6) is 0 Å². The van der Waals surface area contributed by atoms with E-state index in [4.69, 9.17) is 10.4 Å². The van der Waals surface area contributed by atoms with E-state index in [1.54, 1.807) is 0 Å². The summed E-state index contributed by atoms with van der Waals surface area (Å²) < 4.78 is 0. The largest absolute Gasteiger partial charge is 0.476 e. The number of hydrogen-bond donors (Lipinski definition) is 2. The third-order valence-corrected chi connectivity index (χ3v) is 2.60. The minimum absolute atomic E-state index is 0.103. The molecule has 0 radical (unpaired) electrons. The average molecular weight is 276 g/mol. The summed E-state index contributed by atoms with van der Waals surface area (Å²) in [4.78, 5) is 28.3. The summed E-state index contributed by atoms with van der Waals surface area (Å²) in [5.41, 5.74) is -0.0857. The van der Waals surface area contributed by atoms with E-state index in [1.807, 2.05) is 19.9 Å². The zero-order valence-electron chi connectivity index (χ0n) is 11.3. The molecule has 0 saturated heterocycles. The molecule has 0 aromatic carbocycles. The quantitative estimate of drug-likeness (QED) is 0.854. The van der Waals surface area contributed by atoms with Crippen LogP contribution in [0.3, 0.4) is 0 Å². The molecule has 1 rings (SSSR count). The van der Waals surface area contributed by atoms with Crippen LogP contribution < -0.4 is 5.32 Å². The van der Waals surface area contributed by atoms with Gasteiger partial charge >= 0.3 is 12.0 Å². The maximum Gasteiger partial charge on any atom is 0.356 e. The molecule has 2 N–H and O–H groups in total. The second-order valence-electron chi connectivity index (χ2n) is 4.33. The molecule has 7 nitrogen and oxygen atoms in total. The molecule has 0 unspecified atom stereocenters.